The van der Waals surface area contributed by atoms with E-state index < -0.39 is 0 Å². The molecule has 0 bridgehead atoms. The van der Waals surface area contributed by atoms with Gasteiger partial charge in [-0.1, -0.05) is 30.3 Å². The van der Waals surface area contributed by atoms with Crippen LogP contribution >= 0.6 is 0 Å². The first-order valence-electron chi connectivity index (χ1n) is 9.35. The van der Waals surface area contributed by atoms with E-state index in [1.165, 1.54) is 0 Å². The monoisotopic (exact) mass is 351 g/mol. The zero-order chi connectivity index (χ0) is 17.8. The van der Waals surface area contributed by atoms with Crippen molar-refractivity contribution in [2.24, 2.45) is 0 Å². The Kier molecular flexibility index (Phi) is 5.18. The number of hydrogen-bond donors (Lipinski definition) is 2. The van der Waals surface area contributed by atoms with Crippen molar-refractivity contribution in [1.82, 2.24) is 10.6 Å². The summed E-state index contributed by atoms with van der Waals surface area (Å²) in [6.45, 7) is 3.71. The minimum absolute atomic E-state index is 0.102. The molecule has 0 aromatic heterocycles. The number of piperidine rings is 1. The lowest BCUT2D eigenvalue weighted by Crippen LogP contribution is -2.35. The molecule has 1 saturated heterocycles. The molecule has 4 rings (SSSR count). The highest BCUT2D eigenvalue weighted by atomic mass is 16.5. The standard InChI is InChI=1S/C21H25N3O2/c25-21-14-23-13-17-3-1-2-4-20(17)24(21)15-16-5-7-18(8-6-16)26-19-9-11-22-12-10-19/h1-8,19,22-23H,9-15H2. The maximum Gasteiger partial charge on any atom is 0.241 e. The molecule has 2 heterocycles. The van der Waals surface area contributed by atoms with Crippen molar-refractivity contribution in [1.29, 1.82) is 0 Å². The van der Waals surface area contributed by atoms with Crippen LogP contribution in [0.25, 0.3) is 0 Å². The fourth-order valence-electron chi connectivity index (χ4n) is 3.59. The van der Waals surface area contributed by atoms with Crippen molar-refractivity contribution >= 4 is 11.6 Å². The van der Waals surface area contributed by atoms with Gasteiger partial charge in [0.25, 0.3) is 0 Å². The third kappa shape index (κ3) is 3.89. The smallest absolute Gasteiger partial charge is 0.241 e. The number of benzene rings is 2. The van der Waals surface area contributed by atoms with E-state index in [1.807, 2.05) is 35.2 Å². The third-order valence-electron chi connectivity index (χ3n) is 5.03. The highest BCUT2D eigenvalue weighted by Crippen LogP contribution is 2.25. The van der Waals surface area contributed by atoms with Crippen molar-refractivity contribution in [2.75, 3.05) is 24.5 Å². The Bertz CT molecular complexity index is 754. The predicted molar refractivity (Wildman–Crippen MR) is 102 cm³/mol. The zero-order valence-electron chi connectivity index (χ0n) is 14.9. The molecule has 5 nitrogen and oxygen atoms in total. The van der Waals surface area contributed by atoms with Gasteiger partial charge in [-0.25, -0.2) is 0 Å². The fraction of sp³-hybridized carbons (Fsp3) is 0.381. The van der Waals surface area contributed by atoms with Gasteiger partial charge in [-0.3, -0.25) is 4.79 Å². The number of ether oxygens (including phenoxy) is 1. The molecule has 0 atom stereocenters. The minimum atomic E-state index is 0.102. The van der Waals surface area contributed by atoms with E-state index in [0.717, 1.165) is 55.0 Å². The van der Waals surface area contributed by atoms with E-state index in [4.69, 9.17) is 4.74 Å². The summed E-state index contributed by atoms with van der Waals surface area (Å²) in [7, 11) is 0. The van der Waals surface area contributed by atoms with Crippen LogP contribution in [0.15, 0.2) is 48.5 Å². The number of nitrogens with one attached hydrogen (secondary N) is 2. The Morgan fingerprint density at radius 3 is 2.54 bits per heavy atom. The number of nitrogens with zero attached hydrogens (tertiary/aromatic N) is 1. The van der Waals surface area contributed by atoms with Crippen LogP contribution in [0.1, 0.15) is 24.0 Å². The summed E-state index contributed by atoms with van der Waals surface area (Å²) in [5.41, 5.74) is 3.26. The van der Waals surface area contributed by atoms with E-state index in [1.54, 1.807) is 0 Å². The largest absolute Gasteiger partial charge is 0.490 e. The first-order chi connectivity index (χ1) is 12.8. The van der Waals surface area contributed by atoms with Crippen molar-refractivity contribution in [3.05, 3.63) is 59.7 Å². The van der Waals surface area contributed by atoms with E-state index in [-0.39, 0.29) is 5.91 Å². The van der Waals surface area contributed by atoms with Gasteiger partial charge in [0.2, 0.25) is 5.91 Å². The predicted octanol–water partition coefficient (Wildman–Crippen LogP) is 2.45. The summed E-state index contributed by atoms with van der Waals surface area (Å²) in [4.78, 5) is 14.4. The Hall–Kier alpha value is -2.37. The molecule has 0 saturated carbocycles. The lowest BCUT2D eigenvalue weighted by molar-refractivity contribution is -0.117. The molecule has 2 N–H and O–H groups in total. The summed E-state index contributed by atoms with van der Waals surface area (Å²) in [6, 6.07) is 16.3. The number of anilines is 1. The van der Waals surface area contributed by atoms with Gasteiger partial charge in [-0.15, -0.1) is 0 Å². The molecule has 26 heavy (non-hydrogen) atoms. The summed E-state index contributed by atoms with van der Waals surface area (Å²) in [6.07, 6.45) is 2.40. The molecule has 1 amide bonds. The highest BCUT2D eigenvalue weighted by molar-refractivity contribution is 5.96. The van der Waals surface area contributed by atoms with Crippen LogP contribution in [0.3, 0.4) is 0 Å². The number of carbonyl (C=O) groups is 1. The average Bonchev–Trinajstić information content (AvgIpc) is 2.83. The number of para-hydroxylation sites is 1. The Balaban J connectivity index is 1.47. The lowest BCUT2D eigenvalue weighted by Gasteiger charge is -2.24. The molecule has 0 radical (unpaired) electrons. The summed E-state index contributed by atoms with van der Waals surface area (Å²) >= 11 is 0. The fourth-order valence-corrected chi connectivity index (χ4v) is 3.59. The van der Waals surface area contributed by atoms with E-state index in [9.17, 15) is 4.79 Å². The number of rotatable bonds is 4. The van der Waals surface area contributed by atoms with Gasteiger partial charge in [0.1, 0.15) is 11.9 Å². The van der Waals surface area contributed by atoms with Gasteiger partial charge >= 0.3 is 0 Å². The summed E-state index contributed by atoms with van der Waals surface area (Å²) in [5, 5.41) is 6.56. The Morgan fingerprint density at radius 2 is 1.73 bits per heavy atom. The van der Waals surface area contributed by atoms with E-state index in [2.05, 4.69) is 28.8 Å². The first-order valence-corrected chi connectivity index (χ1v) is 9.35. The molecule has 2 aliphatic rings. The Labute approximate surface area is 154 Å². The summed E-state index contributed by atoms with van der Waals surface area (Å²) < 4.78 is 6.07. The normalized spacial score (nSPS) is 18.3. The van der Waals surface area contributed by atoms with Crippen LogP contribution in [0, 0.1) is 0 Å². The van der Waals surface area contributed by atoms with Crippen LogP contribution < -0.4 is 20.3 Å². The van der Waals surface area contributed by atoms with Crippen molar-refractivity contribution < 1.29 is 9.53 Å². The second kappa shape index (κ2) is 7.89. The molecule has 2 aromatic rings. The minimum Gasteiger partial charge on any atom is -0.490 e. The van der Waals surface area contributed by atoms with Crippen LogP contribution in [0.5, 0.6) is 5.75 Å². The van der Waals surface area contributed by atoms with Gasteiger partial charge in [-0.2, -0.15) is 0 Å². The Morgan fingerprint density at radius 1 is 0.962 bits per heavy atom. The van der Waals surface area contributed by atoms with Crippen molar-refractivity contribution in [3.63, 3.8) is 0 Å². The van der Waals surface area contributed by atoms with Crippen LogP contribution in [-0.4, -0.2) is 31.6 Å². The topological polar surface area (TPSA) is 53.6 Å². The lowest BCUT2D eigenvalue weighted by atomic mass is 10.1. The third-order valence-corrected chi connectivity index (χ3v) is 5.03. The second-order valence-corrected chi connectivity index (χ2v) is 6.92. The molecular weight excluding hydrogens is 326 g/mol. The quantitative estimate of drug-likeness (QED) is 0.888. The van der Waals surface area contributed by atoms with Gasteiger partial charge in [0, 0.05) is 12.2 Å². The molecule has 0 unspecified atom stereocenters. The molecular formula is C21H25N3O2. The molecule has 2 aliphatic heterocycles. The molecule has 1 fully saturated rings. The van der Waals surface area contributed by atoms with Crippen LogP contribution in [-0.2, 0) is 17.9 Å². The van der Waals surface area contributed by atoms with Crippen molar-refractivity contribution in [3.8, 4) is 5.75 Å². The van der Waals surface area contributed by atoms with Crippen molar-refractivity contribution in [2.45, 2.75) is 32.0 Å². The molecule has 5 heteroatoms. The molecule has 2 aromatic carbocycles. The number of amides is 1. The zero-order valence-corrected chi connectivity index (χ0v) is 14.9. The maximum atomic E-state index is 12.5. The molecule has 0 spiro atoms. The van der Waals surface area contributed by atoms with Gasteiger partial charge in [0.15, 0.2) is 0 Å². The van der Waals surface area contributed by atoms with Gasteiger partial charge < -0.3 is 20.3 Å². The van der Waals surface area contributed by atoms with Gasteiger partial charge in [0.05, 0.1) is 13.1 Å². The van der Waals surface area contributed by atoms with Crippen LogP contribution in [0.4, 0.5) is 5.69 Å². The molecule has 136 valence electrons. The number of hydrogen-bond acceptors (Lipinski definition) is 4. The number of carbonyl (C=O) groups excluding carboxylic acids is 1. The SMILES string of the molecule is O=C1CNCc2ccccc2N1Cc1ccc(OC2CCNCC2)cc1. The van der Waals surface area contributed by atoms with E-state index >= 15 is 0 Å². The molecule has 0 aliphatic carbocycles. The first kappa shape index (κ1) is 17.1. The second-order valence-electron chi connectivity index (χ2n) is 6.92. The highest BCUT2D eigenvalue weighted by Gasteiger charge is 2.22. The number of fused-ring (bicyclic) bond motifs is 1. The van der Waals surface area contributed by atoms with Gasteiger partial charge in [-0.05, 0) is 55.3 Å². The summed E-state index contributed by atoms with van der Waals surface area (Å²) in [5.74, 6) is 1.01. The maximum absolute atomic E-state index is 12.5. The van der Waals surface area contributed by atoms with Crippen LogP contribution in [0.2, 0.25) is 0 Å². The van der Waals surface area contributed by atoms with E-state index in [0.29, 0.717) is 19.2 Å². The average molecular weight is 351 g/mol.